The summed E-state index contributed by atoms with van der Waals surface area (Å²) in [5.74, 6) is -3.44. The molecule has 178 valence electrons. The fourth-order valence-electron chi connectivity index (χ4n) is 6.96. The van der Waals surface area contributed by atoms with Crippen LogP contribution in [0.25, 0.3) is 0 Å². The van der Waals surface area contributed by atoms with Crippen LogP contribution in [-0.2, 0) is 28.8 Å². The number of imide groups is 2. The van der Waals surface area contributed by atoms with Crippen molar-refractivity contribution in [1.29, 1.82) is 0 Å². The molecule has 4 aliphatic carbocycles. The Bertz CT molecular complexity index is 937. The Balaban J connectivity index is 0.939. The lowest BCUT2D eigenvalue weighted by molar-refractivity contribution is -0.150. The third-order valence-electron chi connectivity index (χ3n) is 8.47. The van der Waals surface area contributed by atoms with Crippen LogP contribution in [0, 0.1) is 47.3 Å². The Labute approximate surface area is 195 Å². The Morgan fingerprint density at radius 3 is 1.21 bits per heavy atom. The van der Waals surface area contributed by atoms with Crippen molar-refractivity contribution in [3.8, 4) is 0 Å². The summed E-state index contributed by atoms with van der Waals surface area (Å²) in [6.07, 6.45) is 10.4. The molecule has 0 radical (unpaired) electrons. The van der Waals surface area contributed by atoms with Crippen LogP contribution in [0.4, 0.5) is 0 Å². The van der Waals surface area contributed by atoms with E-state index in [-0.39, 0.29) is 83.8 Å². The molecule has 8 atom stereocenters. The maximum Gasteiger partial charge on any atom is 0.252 e. The number of carbonyl (C=O) groups is 6. The molecule has 2 aliphatic heterocycles. The molecule has 6 amide bonds. The lowest BCUT2D eigenvalue weighted by Crippen LogP contribution is -2.47. The number of rotatable bonds is 7. The van der Waals surface area contributed by atoms with Gasteiger partial charge in [0.15, 0.2) is 0 Å². The highest BCUT2D eigenvalue weighted by Gasteiger charge is 2.61. The van der Waals surface area contributed by atoms with Gasteiger partial charge in [-0.15, -0.1) is 0 Å². The van der Waals surface area contributed by atoms with Gasteiger partial charge in [0, 0.05) is 12.8 Å². The van der Waals surface area contributed by atoms with Crippen LogP contribution in [0.1, 0.15) is 38.5 Å². The van der Waals surface area contributed by atoms with Gasteiger partial charge < -0.3 is 0 Å². The first-order chi connectivity index (χ1) is 16.3. The molecule has 10 heteroatoms. The van der Waals surface area contributed by atoms with E-state index in [1.165, 1.54) is 0 Å². The van der Waals surface area contributed by atoms with Gasteiger partial charge in [-0.05, 0) is 49.4 Å². The second-order valence-electron chi connectivity index (χ2n) is 10.3. The highest BCUT2D eigenvalue weighted by atomic mass is 16.2. The first kappa shape index (κ1) is 21.2. The molecule has 0 aromatic heterocycles. The molecule has 0 aromatic rings. The second-order valence-corrected chi connectivity index (χ2v) is 10.3. The predicted octanol–water partition coefficient (Wildman–Crippen LogP) is 0.223. The molecule has 6 rings (SSSR count). The number of hydrogen-bond donors (Lipinski definition) is 2. The van der Waals surface area contributed by atoms with Crippen molar-refractivity contribution in [3.05, 3.63) is 24.3 Å². The number of nitrogens with zero attached hydrogens (tertiary/aromatic N) is 2. The van der Waals surface area contributed by atoms with Crippen LogP contribution in [0.15, 0.2) is 24.3 Å². The molecule has 0 unspecified atom stereocenters. The molecule has 2 saturated carbocycles. The molecule has 6 aliphatic rings. The largest absolute Gasteiger partial charge is 0.273 e. The van der Waals surface area contributed by atoms with Crippen LogP contribution in [-0.4, -0.2) is 45.5 Å². The molecule has 4 bridgehead atoms. The van der Waals surface area contributed by atoms with E-state index in [4.69, 9.17) is 0 Å². The normalized spacial score (nSPS) is 38.4. The SMILES string of the molecule is O=C(CCCCC(=O)NN1C(=O)[C@H]2[C@H](C1=O)[C@H]1C=C[C@H]2C1)NN1C(=O)[C@H]2[C@H](C1=O)[C@H]1C=C[C@H]2C1. The Hall–Kier alpha value is -3.30. The standard InChI is InChI=1S/C24H26N4O6/c29-15(25-27-21(31)17-11-5-6-12(9-11)18(17)22(27)32)3-1-2-4-16(30)26-28-23(33)19-13-7-8-14(10-13)20(19)24(28)34/h5-8,11-14,17-20H,1-4,9-10H2,(H,25,29)(H,26,30)/t11-,12-,13-,14-,17+,18+,19+,20+/m0/s1. The minimum Gasteiger partial charge on any atom is -0.273 e. The van der Waals surface area contributed by atoms with Gasteiger partial charge in [0.2, 0.25) is 11.8 Å². The zero-order valence-corrected chi connectivity index (χ0v) is 18.5. The Kier molecular flexibility index (Phi) is 4.76. The summed E-state index contributed by atoms with van der Waals surface area (Å²) in [5.41, 5.74) is 4.87. The molecular weight excluding hydrogens is 440 g/mol. The van der Waals surface area contributed by atoms with Crippen molar-refractivity contribution in [3.63, 3.8) is 0 Å². The maximum absolute atomic E-state index is 12.6. The van der Waals surface area contributed by atoms with Gasteiger partial charge in [-0.3, -0.25) is 39.6 Å². The zero-order valence-electron chi connectivity index (χ0n) is 18.5. The molecule has 0 aromatic carbocycles. The minimum absolute atomic E-state index is 0.0472. The van der Waals surface area contributed by atoms with Gasteiger partial charge in [0.25, 0.3) is 23.6 Å². The van der Waals surface area contributed by atoms with Crippen molar-refractivity contribution in [1.82, 2.24) is 20.9 Å². The summed E-state index contributed by atoms with van der Waals surface area (Å²) in [7, 11) is 0. The average molecular weight is 466 g/mol. The highest BCUT2D eigenvalue weighted by molar-refractivity contribution is 6.08. The summed E-state index contributed by atoms with van der Waals surface area (Å²) in [6, 6.07) is 0. The molecule has 2 heterocycles. The first-order valence-electron chi connectivity index (χ1n) is 12.1. The zero-order chi connectivity index (χ0) is 23.7. The number of carbonyl (C=O) groups excluding carboxylic acids is 6. The monoisotopic (exact) mass is 466 g/mol. The molecule has 34 heavy (non-hydrogen) atoms. The average Bonchev–Trinajstić information content (AvgIpc) is 3.65. The molecular formula is C24H26N4O6. The summed E-state index contributed by atoms with van der Waals surface area (Å²) in [5, 5.41) is 1.75. The van der Waals surface area contributed by atoms with E-state index in [0.29, 0.717) is 12.8 Å². The van der Waals surface area contributed by atoms with Crippen LogP contribution < -0.4 is 10.9 Å². The lowest BCUT2D eigenvalue weighted by atomic mass is 9.85. The summed E-state index contributed by atoms with van der Waals surface area (Å²) < 4.78 is 0. The highest BCUT2D eigenvalue weighted by Crippen LogP contribution is 2.53. The van der Waals surface area contributed by atoms with Crippen molar-refractivity contribution in [2.24, 2.45) is 47.3 Å². The van der Waals surface area contributed by atoms with Gasteiger partial charge >= 0.3 is 0 Å². The van der Waals surface area contributed by atoms with Gasteiger partial charge in [0.1, 0.15) is 0 Å². The fourth-order valence-corrected chi connectivity index (χ4v) is 6.96. The van der Waals surface area contributed by atoms with Crippen molar-refractivity contribution >= 4 is 35.4 Å². The number of amides is 6. The van der Waals surface area contributed by atoms with E-state index in [0.717, 1.165) is 22.9 Å². The smallest absolute Gasteiger partial charge is 0.252 e. The lowest BCUT2D eigenvalue weighted by Gasteiger charge is -2.18. The quantitative estimate of drug-likeness (QED) is 0.313. The second kappa shape index (κ2) is 7.61. The molecule has 2 N–H and O–H groups in total. The number of hydrazine groups is 2. The molecule has 0 spiro atoms. The summed E-state index contributed by atoms with van der Waals surface area (Å²) in [4.78, 5) is 75.1. The number of hydrogen-bond acceptors (Lipinski definition) is 6. The third kappa shape index (κ3) is 3.00. The number of fused-ring (bicyclic) bond motifs is 10. The molecule has 4 fully saturated rings. The van der Waals surface area contributed by atoms with Gasteiger partial charge in [-0.2, -0.15) is 10.0 Å². The van der Waals surface area contributed by atoms with Crippen LogP contribution in [0.2, 0.25) is 0 Å². The Morgan fingerprint density at radius 1 is 0.618 bits per heavy atom. The summed E-state index contributed by atoms with van der Waals surface area (Å²) >= 11 is 0. The van der Waals surface area contributed by atoms with Gasteiger partial charge in [0.05, 0.1) is 23.7 Å². The van der Waals surface area contributed by atoms with E-state index in [1.807, 2.05) is 24.3 Å². The van der Waals surface area contributed by atoms with Gasteiger partial charge in [-0.25, -0.2) is 0 Å². The van der Waals surface area contributed by atoms with E-state index >= 15 is 0 Å². The van der Waals surface area contributed by atoms with Crippen molar-refractivity contribution in [2.75, 3.05) is 0 Å². The molecule has 10 nitrogen and oxygen atoms in total. The third-order valence-corrected chi connectivity index (χ3v) is 8.47. The van der Waals surface area contributed by atoms with Crippen molar-refractivity contribution < 1.29 is 28.8 Å². The van der Waals surface area contributed by atoms with E-state index in [9.17, 15) is 28.8 Å². The van der Waals surface area contributed by atoms with E-state index < -0.39 is 11.8 Å². The molecule has 2 saturated heterocycles. The topological polar surface area (TPSA) is 133 Å². The van der Waals surface area contributed by atoms with Crippen molar-refractivity contribution in [2.45, 2.75) is 38.5 Å². The summed E-state index contributed by atoms with van der Waals surface area (Å²) in [6.45, 7) is 0. The van der Waals surface area contributed by atoms with Crippen LogP contribution >= 0.6 is 0 Å². The first-order valence-corrected chi connectivity index (χ1v) is 12.1. The van der Waals surface area contributed by atoms with Gasteiger partial charge in [-0.1, -0.05) is 24.3 Å². The fraction of sp³-hybridized carbons (Fsp3) is 0.583. The Morgan fingerprint density at radius 2 is 0.912 bits per heavy atom. The number of nitrogens with one attached hydrogen (secondary N) is 2. The van der Waals surface area contributed by atoms with Crippen LogP contribution in [0.5, 0.6) is 0 Å². The van der Waals surface area contributed by atoms with E-state index in [2.05, 4.69) is 10.9 Å². The van der Waals surface area contributed by atoms with E-state index in [1.54, 1.807) is 0 Å². The number of allylic oxidation sites excluding steroid dienone is 4. The van der Waals surface area contributed by atoms with Crippen LogP contribution in [0.3, 0.4) is 0 Å². The predicted molar refractivity (Wildman–Crippen MR) is 114 cm³/mol. The maximum atomic E-state index is 12.6. The minimum atomic E-state index is -0.455. The number of unbranched alkanes of at least 4 members (excludes halogenated alkanes) is 1.